The standard InChI is InChI=1S/C15H17N3O2/c1-3-18(4-2)14-10-9-13(16-17-14)11-5-7-12(8-6-11)15(19)20/h5-10H,3-4H2,1-2H3,(H,19,20). The lowest BCUT2D eigenvalue weighted by Crippen LogP contribution is -2.23. The maximum atomic E-state index is 10.8. The van der Waals surface area contributed by atoms with Crippen LogP contribution in [-0.2, 0) is 0 Å². The number of benzene rings is 1. The molecule has 0 saturated carbocycles. The molecule has 0 spiro atoms. The molecule has 5 nitrogen and oxygen atoms in total. The number of rotatable bonds is 5. The monoisotopic (exact) mass is 271 g/mol. The van der Waals surface area contributed by atoms with Crippen LogP contribution in [0.1, 0.15) is 24.2 Å². The number of carboxylic acids is 1. The van der Waals surface area contributed by atoms with E-state index in [1.165, 1.54) is 0 Å². The maximum Gasteiger partial charge on any atom is 0.335 e. The van der Waals surface area contributed by atoms with Gasteiger partial charge in [-0.2, -0.15) is 0 Å². The van der Waals surface area contributed by atoms with Crippen LogP contribution in [-0.4, -0.2) is 34.4 Å². The summed E-state index contributed by atoms with van der Waals surface area (Å²) in [7, 11) is 0. The van der Waals surface area contributed by atoms with Gasteiger partial charge in [-0.15, -0.1) is 10.2 Å². The van der Waals surface area contributed by atoms with E-state index < -0.39 is 5.97 Å². The maximum absolute atomic E-state index is 10.8. The van der Waals surface area contributed by atoms with E-state index in [2.05, 4.69) is 28.9 Å². The van der Waals surface area contributed by atoms with E-state index in [1.807, 2.05) is 12.1 Å². The zero-order valence-electron chi connectivity index (χ0n) is 11.6. The van der Waals surface area contributed by atoms with Crippen LogP contribution in [0.3, 0.4) is 0 Å². The molecule has 0 atom stereocenters. The average molecular weight is 271 g/mol. The van der Waals surface area contributed by atoms with Crippen molar-refractivity contribution < 1.29 is 9.90 Å². The highest BCUT2D eigenvalue weighted by Crippen LogP contribution is 2.19. The van der Waals surface area contributed by atoms with E-state index >= 15 is 0 Å². The number of aromatic carboxylic acids is 1. The van der Waals surface area contributed by atoms with Gasteiger partial charge in [0.2, 0.25) is 0 Å². The van der Waals surface area contributed by atoms with E-state index in [0.29, 0.717) is 0 Å². The summed E-state index contributed by atoms with van der Waals surface area (Å²) in [6.45, 7) is 5.92. The predicted molar refractivity (Wildman–Crippen MR) is 78.0 cm³/mol. The van der Waals surface area contributed by atoms with Gasteiger partial charge in [-0.05, 0) is 38.1 Å². The number of aromatic nitrogens is 2. The summed E-state index contributed by atoms with van der Waals surface area (Å²) in [6.07, 6.45) is 0. The summed E-state index contributed by atoms with van der Waals surface area (Å²) in [6, 6.07) is 10.4. The number of hydrogen-bond donors (Lipinski definition) is 1. The lowest BCUT2D eigenvalue weighted by Gasteiger charge is -2.18. The summed E-state index contributed by atoms with van der Waals surface area (Å²) >= 11 is 0. The van der Waals surface area contributed by atoms with Crippen LogP contribution in [0.25, 0.3) is 11.3 Å². The topological polar surface area (TPSA) is 66.3 Å². The van der Waals surface area contributed by atoms with Gasteiger partial charge in [0.1, 0.15) is 0 Å². The third-order valence-corrected chi connectivity index (χ3v) is 3.17. The minimum atomic E-state index is -0.931. The number of hydrogen-bond acceptors (Lipinski definition) is 4. The van der Waals surface area contributed by atoms with Crippen molar-refractivity contribution in [3.63, 3.8) is 0 Å². The van der Waals surface area contributed by atoms with Crippen molar-refractivity contribution in [1.29, 1.82) is 0 Å². The Balaban J connectivity index is 2.23. The molecule has 0 aliphatic carbocycles. The molecule has 0 radical (unpaired) electrons. The Morgan fingerprint density at radius 1 is 1.05 bits per heavy atom. The van der Waals surface area contributed by atoms with Crippen LogP contribution in [0, 0.1) is 0 Å². The molecule has 1 aromatic carbocycles. The third-order valence-electron chi connectivity index (χ3n) is 3.17. The van der Waals surface area contributed by atoms with E-state index in [1.54, 1.807) is 24.3 Å². The lowest BCUT2D eigenvalue weighted by molar-refractivity contribution is 0.0697. The molecule has 0 bridgehead atoms. The molecule has 20 heavy (non-hydrogen) atoms. The Bertz CT molecular complexity index is 575. The van der Waals surface area contributed by atoms with Gasteiger partial charge < -0.3 is 10.0 Å². The normalized spacial score (nSPS) is 10.3. The molecule has 104 valence electrons. The zero-order valence-corrected chi connectivity index (χ0v) is 11.6. The van der Waals surface area contributed by atoms with Crippen LogP contribution in [0.4, 0.5) is 5.82 Å². The molecular formula is C15H17N3O2. The van der Waals surface area contributed by atoms with Crippen molar-refractivity contribution in [1.82, 2.24) is 10.2 Å². The molecule has 0 amide bonds. The largest absolute Gasteiger partial charge is 0.478 e. The quantitative estimate of drug-likeness (QED) is 0.905. The van der Waals surface area contributed by atoms with Gasteiger partial charge in [-0.1, -0.05) is 12.1 Å². The molecule has 0 saturated heterocycles. The first kappa shape index (κ1) is 14.0. The van der Waals surface area contributed by atoms with Gasteiger partial charge in [-0.25, -0.2) is 4.79 Å². The number of nitrogens with zero attached hydrogens (tertiary/aromatic N) is 3. The summed E-state index contributed by atoms with van der Waals surface area (Å²) < 4.78 is 0. The van der Waals surface area contributed by atoms with Crippen LogP contribution >= 0.6 is 0 Å². The van der Waals surface area contributed by atoms with Gasteiger partial charge in [0, 0.05) is 18.7 Å². The van der Waals surface area contributed by atoms with Crippen molar-refractivity contribution in [3.8, 4) is 11.3 Å². The molecule has 1 N–H and O–H groups in total. The summed E-state index contributed by atoms with van der Waals surface area (Å²) in [5, 5.41) is 17.3. The second-order valence-corrected chi connectivity index (χ2v) is 4.33. The fraction of sp³-hybridized carbons (Fsp3) is 0.267. The molecule has 1 aromatic heterocycles. The van der Waals surface area contributed by atoms with Crippen molar-refractivity contribution in [2.24, 2.45) is 0 Å². The molecule has 5 heteroatoms. The van der Waals surface area contributed by atoms with Gasteiger partial charge in [0.15, 0.2) is 5.82 Å². The molecule has 2 rings (SSSR count). The molecule has 0 aliphatic heterocycles. The smallest absolute Gasteiger partial charge is 0.335 e. The number of anilines is 1. The van der Waals surface area contributed by atoms with Crippen molar-refractivity contribution >= 4 is 11.8 Å². The van der Waals surface area contributed by atoms with Crippen molar-refractivity contribution in [2.45, 2.75) is 13.8 Å². The van der Waals surface area contributed by atoms with Gasteiger partial charge in [0.05, 0.1) is 11.3 Å². The second-order valence-electron chi connectivity index (χ2n) is 4.33. The minimum Gasteiger partial charge on any atom is -0.478 e. The number of carbonyl (C=O) groups is 1. The second kappa shape index (κ2) is 6.14. The average Bonchev–Trinajstić information content (AvgIpc) is 2.49. The van der Waals surface area contributed by atoms with E-state index in [-0.39, 0.29) is 5.56 Å². The summed E-state index contributed by atoms with van der Waals surface area (Å²) in [4.78, 5) is 12.9. The minimum absolute atomic E-state index is 0.265. The molecule has 0 fully saturated rings. The Kier molecular flexibility index (Phi) is 4.30. The Labute approximate surface area is 117 Å². The Hall–Kier alpha value is -2.43. The first-order valence-electron chi connectivity index (χ1n) is 6.58. The Morgan fingerprint density at radius 3 is 2.15 bits per heavy atom. The van der Waals surface area contributed by atoms with Gasteiger partial charge in [0.25, 0.3) is 0 Å². The lowest BCUT2D eigenvalue weighted by atomic mass is 10.1. The van der Waals surface area contributed by atoms with Crippen LogP contribution in [0.5, 0.6) is 0 Å². The molecular weight excluding hydrogens is 254 g/mol. The van der Waals surface area contributed by atoms with Crippen LogP contribution in [0.2, 0.25) is 0 Å². The highest BCUT2D eigenvalue weighted by molar-refractivity contribution is 5.88. The third kappa shape index (κ3) is 2.93. The highest BCUT2D eigenvalue weighted by Gasteiger charge is 2.07. The first-order chi connectivity index (χ1) is 9.65. The molecule has 0 unspecified atom stereocenters. The first-order valence-corrected chi connectivity index (χ1v) is 6.58. The highest BCUT2D eigenvalue weighted by atomic mass is 16.4. The van der Waals surface area contributed by atoms with Crippen molar-refractivity contribution in [2.75, 3.05) is 18.0 Å². The van der Waals surface area contributed by atoms with E-state index in [4.69, 9.17) is 5.11 Å². The fourth-order valence-electron chi connectivity index (χ4n) is 1.98. The fourth-order valence-corrected chi connectivity index (χ4v) is 1.98. The van der Waals surface area contributed by atoms with Gasteiger partial charge >= 0.3 is 5.97 Å². The molecule has 0 aliphatic rings. The summed E-state index contributed by atoms with van der Waals surface area (Å²) in [5.74, 6) is -0.0829. The van der Waals surface area contributed by atoms with Crippen LogP contribution in [0.15, 0.2) is 36.4 Å². The van der Waals surface area contributed by atoms with E-state index in [9.17, 15) is 4.79 Å². The zero-order chi connectivity index (χ0) is 14.5. The van der Waals surface area contributed by atoms with Crippen molar-refractivity contribution in [3.05, 3.63) is 42.0 Å². The molecule has 1 heterocycles. The predicted octanol–water partition coefficient (Wildman–Crippen LogP) is 2.69. The summed E-state index contributed by atoms with van der Waals surface area (Å²) in [5.41, 5.74) is 1.85. The number of carboxylic acid groups (broad SMARTS) is 1. The van der Waals surface area contributed by atoms with Crippen LogP contribution < -0.4 is 4.90 Å². The molecule has 2 aromatic rings. The van der Waals surface area contributed by atoms with Gasteiger partial charge in [-0.3, -0.25) is 0 Å². The SMILES string of the molecule is CCN(CC)c1ccc(-c2ccc(C(=O)O)cc2)nn1. The van der Waals surface area contributed by atoms with E-state index in [0.717, 1.165) is 30.2 Å². The Morgan fingerprint density at radius 2 is 1.70 bits per heavy atom.